The Bertz CT molecular complexity index is 419. The van der Waals surface area contributed by atoms with Gasteiger partial charge in [-0.15, -0.1) is 0 Å². The Hall–Kier alpha value is -0.160. The van der Waals surface area contributed by atoms with Crippen LogP contribution in [-0.2, 0) is 9.47 Å². The standard InChI is InChI=1S/C24H54N2O2/c1-21(2,3)25(13,17-19-27-23(7,8)9)15-16-26(14,22(4,5)6)18-20-28-24(10,11)12/h15-20H2,1-14H3/q+2. The van der Waals surface area contributed by atoms with Crippen molar-refractivity contribution in [3.05, 3.63) is 0 Å². The summed E-state index contributed by atoms with van der Waals surface area (Å²) in [4.78, 5) is 0. The van der Waals surface area contributed by atoms with Gasteiger partial charge in [0, 0.05) is 0 Å². The van der Waals surface area contributed by atoms with E-state index in [4.69, 9.17) is 9.47 Å². The molecule has 0 rings (SSSR count). The Morgan fingerprint density at radius 3 is 0.893 bits per heavy atom. The summed E-state index contributed by atoms with van der Waals surface area (Å²) in [5.41, 5.74) is 0.184. The topological polar surface area (TPSA) is 18.5 Å². The lowest BCUT2D eigenvalue weighted by Gasteiger charge is -2.51. The number of nitrogens with zero attached hydrogens (tertiary/aromatic N) is 2. The Balaban J connectivity index is 5.26. The summed E-state index contributed by atoms with van der Waals surface area (Å²) in [5, 5.41) is 0. The quantitative estimate of drug-likeness (QED) is 0.499. The summed E-state index contributed by atoms with van der Waals surface area (Å²) < 4.78 is 14.2. The predicted octanol–water partition coefficient (Wildman–Crippen LogP) is 5.11. The van der Waals surface area contributed by atoms with Gasteiger partial charge >= 0.3 is 0 Å². The van der Waals surface area contributed by atoms with E-state index in [1.165, 1.54) is 0 Å². The molecule has 4 nitrogen and oxygen atoms in total. The summed E-state index contributed by atoms with van der Waals surface area (Å²) in [6.07, 6.45) is 0. The average Bonchev–Trinajstić information content (AvgIpc) is 2.39. The summed E-state index contributed by atoms with van der Waals surface area (Å²) >= 11 is 0. The molecule has 2 atom stereocenters. The first kappa shape index (κ1) is 27.8. The highest BCUT2D eigenvalue weighted by atomic mass is 16.5. The number of hydrogen-bond acceptors (Lipinski definition) is 2. The van der Waals surface area contributed by atoms with Gasteiger partial charge in [-0.25, -0.2) is 0 Å². The number of quaternary nitrogens is 2. The molecule has 0 aliphatic carbocycles. The second-order valence-corrected chi connectivity index (χ2v) is 12.9. The van der Waals surface area contributed by atoms with Gasteiger partial charge in [0.2, 0.25) is 0 Å². The largest absolute Gasteiger partial charge is 0.370 e. The van der Waals surface area contributed by atoms with Crippen molar-refractivity contribution in [1.29, 1.82) is 0 Å². The maximum absolute atomic E-state index is 6.08. The van der Waals surface area contributed by atoms with E-state index in [2.05, 4.69) is 97.2 Å². The van der Waals surface area contributed by atoms with Crippen molar-refractivity contribution < 1.29 is 18.4 Å². The fraction of sp³-hybridized carbons (Fsp3) is 1.00. The molecular weight excluding hydrogens is 348 g/mol. The molecule has 2 unspecified atom stereocenters. The van der Waals surface area contributed by atoms with Gasteiger partial charge in [0.1, 0.15) is 26.2 Å². The summed E-state index contributed by atoms with van der Waals surface area (Å²) in [6, 6.07) is 0. The Morgan fingerprint density at radius 1 is 0.464 bits per heavy atom. The van der Waals surface area contributed by atoms with Gasteiger partial charge in [-0.2, -0.15) is 0 Å². The summed E-state index contributed by atoms with van der Waals surface area (Å²) in [7, 11) is 4.79. The third kappa shape index (κ3) is 9.56. The number of likely N-dealkylation sites (N-methyl/N-ethyl adjacent to an activating group) is 2. The van der Waals surface area contributed by atoms with Crippen molar-refractivity contribution in [1.82, 2.24) is 0 Å². The van der Waals surface area contributed by atoms with E-state index in [1.54, 1.807) is 0 Å². The van der Waals surface area contributed by atoms with Crippen LogP contribution in [-0.4, -0.2) is 84.7 Å². The van der Waals surface area contributed by atoms with Crippen LogP contribution in [0, 0.1) is 0 Å². The third-order valence-corrected chi connectivity index (χ3v) is 6.57. The predicted molar refractivity (Wildman–Crippen MR) is 123 cm³/mol. The molecule has 4 heteroatoms. The molecule has 0 aromatic carbocycles. The van der Waals surface area contributed by atoms with E-state index in [0.717, 1.165) is 48.4 Å². The van der Waals surface area contributed by atoms with Gasteiger partial charge in [-0.05, 0) is 83.1 Å². The molecule has 0 saturated carbocycles. The zero-order valence-corrected chi connectivity index (χ0v) is 22.0. The van der Waals surface area contributed by atoms with E-state index in [0.29, 0.717) is 0 Å². The first-order valence-electron chi connectivity index (χ1n) is 11.1. The van der Waals surface area contributed by atoms with Crippen molar-refractivity contribution in [3.8, 4) is 0 Å². The van der Waals surface area contributed by atoms with Crippen molar-refractivity contribution in [2.45, 2.75) is 105 Å². The van der Waals surface area contributed by atoms with Crippen molar-refractivity contribution in [2.75, 3.05) is 53.5 Å². The summed E-state index contributed by atoms with van der Waals surface area (Å²) in [5.74, 6) is 0. The highest BCUT2D eigenvalue weighted by Gasteiger charge is 2.42. The molecule has 0 bridgehead atoms. The van der Waals surface area contributed by atoms with Crippen LogP contribution in [0.2, 0.25) is 0 Å². The molecule has 28 heavy (non-hydrogen) atoms. The van der Waals surface area contributed by atoms with E-state index >= 15 is 0 Å². The normalized spacial score (nSPS) is 18.6. The van der Waals surface area contributed by atoms with Crippen LogP contribution < -0.4 is 0 Å². The Kier molecular flexibility index (Phi) is 9.27. The third-order valence-electron chi connectivity index (χ3n) is 6.57. The van der Waals surface area contributed by atoms with Crippen molar-refractivity contribution >= 4 is 0 Å². The number of ether oxygens (including phenoxy) is 2. The van der Waals surface area contributed by atoms with Crippen LogP contribution in [0.25, 0.3) is 0 Å². The molecule has 0 heterocycles. The Labute approximate surface area is 177 Å². The smallest absolute Gasteiger partial charge is 0.129 e. The van der Waals surface area contributed by atoms with Gasteiger partial charge in [0.15, 0.2) is 0 Å². The minimum Gasteiger partial charge on any atom is -0.370 e. The van der Waals surface area contributed by atoms with Crippen LogP contribution in [0.3, 0.4) is 0 Å². The number of hydrogen-bond donors (Lipinski definition) is 0. The Morgan fingerprint density at radius 2 is 0.714 bits per heavy atom. The molecule has 0 aromatic heterocycles. The maximum atomic E-state index is 6.08. The van der Waals surface area contributed by atoms with Gasteiger partial charge in [-0.3, -0.25) is 0 Å². The van der Waals surface area contributed by atoms with Crippen molar-refractivity contribution in [2.24, 2.45) is 0 Å². The lowest BCUT2D eigenvalue weighted by molar-refractivity contribution is -1.00. The van der Waals surface area contributed by atoms with Gasteiger partial charge in [0.05, 0.1) is 49.6 Å². The molecule has 0 spiro atoms. The van der Waals surface area contributed by atoms with Crippen molar-refractivity contribution in [3.63, 3.8) is 0 Å². The van der Waals surface area contributed by atoms with Crippen LogP contribution in [0.5, 0.6) is 0 Å². The highest BCUT2D eigenvalue weighted by molar-refractivity contribution is 4.68. The second-order valence-electron chi connectivity index (χ2n) is 12.9. The van der Waals surface area contributed by atoms with Crippen LogP contribution >= 0.6 is 0 Å². The fourth-order valence-corrected chi connectivity index (χ4v) is 3.11. The van der Waals surface area contributed by atoms with Gasteiger partial charge < -0.3 is 18.4 Å². The molecule has 0 amide bonds. The fourth-order valence-electron chi connectivity index (χ4n) is 3.11. The van der Waals surface area contributed by atoms with Crippen LogP contribution in [0.15, 0.2) is 0 Å². The number of rotatable bonds is 9. The van der Waals surface area contributed by atoms with Crippen LogP contribution in [0.1, 0.15) is 83.1 Å². The molecule has 0 N–H and O–H groups in total. The SMILES string of the molecule is CC(C)(C)OCC[N+](C)(CC[N+](C)(CCOC(C)(C)C)C(C)(C)C)C(C)(C)C. The first-order chi connectivity index (χ1) is 12.1. The molecule has 0 radical (unpaired) electrons. The molecule has 0 aliphatic rings. The average molecular weight is 403 g/mol. The molecule has 0 saturated heterocycles. The second kappa shape index (κ2) is 9.32. The van der Waals surface area contributed by atoms with Crippen LogP contribution in [0.4, 0.5) is 0 Å². The monoisotopic (exact) mass is 402 g/mol. The van der Waals surface area contributed by atoms with E-state index < -0.39 is 0 Å². The molecule has 0 fully saturated rings. The molecule has 0 aliphatic heterocycles. The molecule has 0 aromatic rings. The maximum Gasteiger partial charge on any atom is 0.129 e. The van der Waals surface area contributed by atoms with E-state index in [-0.39, 0.29) is 22.3 Å². The zero-order valence-electron chi connectivity index (χ0n) is 22.0. The minimum atomic E-state index is -0.0804. The van der Waals surface area contributed by atoms with Gasteiger partial charge in [0.25, 0.3) is 0 Å². The highest BCUT2D eigenvalue weighted by Crippen LogP contribution is 2.27. The lowest BCUT2D eigenvalue weighted by Crippen LogP contribution is -2.66. The zero-order chi connectivity index (χ0) is 22.7. The molecule has 170 valence electrons. The molecular formula is C24H54N2O2+2. The van der Waals surface area contributed by atoms with E-state index in [9.17, 15) is 0 Å². The first-order valence-corrected chi connectivity index (χ1v) is 11.1. The van der Waals surface area contributed by atoms with Gasteiger partial charge in [-0.1, -0.05) is 0 Å². The minimum absolute atomic E-state index is 0.0804. The lowest BCUT2D eigenvalue weighted by atomic mass is 9.99. The summed E-state index contributed by atoms with van der Waals surface area (Å²) in [6.45, 7) is 32.9. The van der Waals surface area contributed by atoms with E-state index in [1.807, 2.05) is 0 Å².